The van der Waals surface area contributed by atoms with Gasteiger partial charge in [-0.05, 0) is 54.5 Å². The third-order valence-corrected chi connectivity index (χ3v) is 6.22. The minimum atomic E-state index is -0.398. The fraction of sp³-hybridized carbons (Fsp3) is 0.409. The van der Waals surface area contributed by atoms with Crippen LogP contribution < -0.4 is 9.47 Å². The second kappa shape index (κ2) is 7.26. The van der Waals surface area contributed by atoms with E-state index in [0.717, 1.165) is 37.0 Å². The number of benzene rings is 2. The topological polar surface area (TPSA) is 78.7 Å². The van der Waals surface area contributed by atoms with Crippen molar-refractivity contribution >= 4 is 11.5 Å². The average molecular weight is 381 g/mol. The molecule has 6 heteroatoms. The Balaban J connectivity index is 1.89. The van der Waals surface area contributed by atoms with E-state index in [1.165, 1.54) is 7.11 Å². The summed E-state index contributed by atoms with van der Waals surface area (Å²) >= 11 is 0. The summed E-state index contributed by atoms with van der Waals surface area (Å²) in [5.41, 5.74) is 1.95. The molecule has 0 aromatic heterocycles. The first-order valence-electron chi connectivity index (χ1n) is 9.60. The molecular weight excluding hydrogens is 358 g/mol. The van der Waals surface area contributed by atoms with Gasteiger partial charge < -0.3 is 9.47 Å². The first kappa shape index (κ1) is 18.5. The number of hydrogen-bond acceptors (Lipinski definition) is 5. The van der Waals surface area contributed by atoms with Crippen molar-refractivity contribution in [1.29, 1.82) is 0 Å². The summed E-state index contributed by atoms with van der Waals surface area (Å²) in [6.07, 6.45) is 3.79. The maximum atomic E-state index is 13.5. The zero-order chi connectivity index (χ0) is 19.8. The highest BCUT2D eigenvalue weighted by Gasteiger charge is 2.47. The van der Waals surface area contributed by atoms with Crippen molar-refractivity contribution in [2.75, 3.05) is 14.2 Å². The minimum absolute atomic E-state index is 0.0101. The summed E-state index contributed by atoms with van der Waals surface area (Å²) in [5.74, 6) is 0.708. The number of ether oxygens (including phenoxy) is 2. The molecule has 0 spiro atoms. The first-order valence-corrected chi connectivity index (χ1v) is 9.60. The minimum Gasteiger partial charge on any atom is -0.497 e. The van der Waals surface area contributed by atoms with Crippen molar-refractivity contribution in [3.8, 4) is 11.5 Å². The molecule has 0 amide bonds. The molecule has 0 bridgehead atoms. The number of nitrogens with zero attached hydrogens (tertiary/aromatic N) is 1. The van der Waals surface area contributed by atoms with E-state index < -0.39 is 4.92 Å². The van der Waals surface area contributed by atoms with E-state index in [9.17, 15) is 14.9 Å². The predicted molar refractivity (Wildman–Crippen MR) is 104 cm³/mol. The van der Waals surface area contributed by atoms with Crippen molar-refractivity contribution in [1.82, 2.24) is 0 Å². The fourth-order valence-electron chi connectivity index (χ4n) is 5.02. The highest BCUT2D eigenvalue weighted by Crippen LogP contribution is 2.55. The van der Waals surface area contributed by atoms with Gasteiger partial charge in [0.05, 0.1) is 25.1 Å². The number of fused-ring (bicyclic) bond motifs is 3. The van der Waals surface area contributed by atoms with Gasteiger partial charge in [-0.15, -0.1) is 0 Å². The molecule has 0 heterocycles. The SMILES string of the molecule is COc1ccc(C2C(=O)c3ccc(OC)c([N+](=O)[O-])c3C3CCCC[C@@H]32)cc1. The first-order chi connectivity index (χ1) is 13.6. The van der Waals surface area contributed by atoms with E-state index in [0.29, 0.717) is 11.1 Å². The second-order valence-electron chi connectivity index (χ2n) is 7.50. The number of nitro groups is 1. The lowest BCUT2D eigenvalue weighted by Gasteiger charge is -2.41. The van der Waals surface area contributed by atoms with Crippen LogP contribution in [0.3, 0.4) is 0 Å². The Morgan fingerprint density at radius 1 is 1.00 bits per heavy atom. The molecule has 3 atom stereocenters. The summed E-state index contributed by atoms with van der Waals surface area (Å²) in [7, 11) is 3.04. The van der Waals surface area contributed by atoms with Gasteiger partial charge in [0.1, 0.15) is 5.75 Å². The van der Waals surface area contributed by atoms with Gasteiger partial charge in [-0.25, -0.2) is 0 Å². The number of ketones is 1. The normalized spacial score (nSPS) is 23.5. The number of carbonyl (C=O) groups excluding carboxylic acids is 1. The van der Waals surface area contributed by atoms with Gasteiger partial charge in [-0.1, -0.05) is 25.0 Å². The Kier molecular flexibility index (Phi) is 4.79. The summed E-state index contributed by atoms with van der Waals surface area (Å²) in [6.45, 7) is 0. The predicted octanol–water partition coefficient (Wildman–Crippen LogP) is 4.87. The summed E-state index contributed by atoms with van der Waals surface area (Å²) < 4.78 is 10.5. The quantitative estimate of drug-likeness (QED) is 0.558. The average Bonchev–Trinajstić information content (AvgIpc) is 2.73. The lowest BCUT2D eigenvalue weighted by Crippen LogP contribution is -2.35. The number of hydrogen-bond donors (Lipinski definition) is 0. The maximum absolute atomic E-state index is 13.5. The highest BCUT2D eigenvalue weighted by atomic mass is 16.6. The molecule has 2 unspecified atom stereocenters. The molecule has 2 aliphatic carbocycles. The Morgan fingerprint density at radius 2 is 1.71 bits per heavy atom. The number of rotatable bonds is 4. The zero-order valence-electron chi connectivity index (χ0n) is 16.0. The van der Waals surface area contributed by atoms with Crippen LogP contribution in [0.25, 0.3) is 0 Å². The van der Waals surface area contributed by atoms with E-state index in [1.807, 2.05) is 24.3 Å². The van der Waals surface area contributed by atoms with Crippen LogP contribution >= 0.6 is 0 Å². The number of carbonyl (C=O) groups is 1. The molecule has 1 fully saturated rings. The smallest absolute Gasteiger partial charge is 0.315 e. The summed E-state index contributed by atoms with van der Waals surface area (Å²) in [5, 5.41) is 11.9. The Hall–Kier alpha value is -2.89. The number of Topliss-reactive ketones (excluding diaryl/α,β-unsaturated/α-hetero) is 1. The van der Waals surface area contributed by atoms with Gasteiger partial charge in [0.15, 0.2) is 11.5 Å². The molecular formula is C22H23NO5. The van der Waals surface area contributed by atoms with Crippen LogP contribution in [0.5, 0.6) is 11.5 Å². The lowest BCUT2D eigenvalue weighted by atomic mass is 9.60. The molecule has 146 valence electrons. The molecule has 4 rings (SSSR count). The lowest BCUT2D eigenvalue weighted by molar-refractivity contribution is -0.386. The molecule has 2 aliphatic rings. The van der Waals surface area contributed by atoms with Gasteiger partial charge in [0, 0.05) is 11.1 Å². The highest BCUT2D eigenvalue weighted by molar-refractivity contribution is 6.05. The zero-order valence-corrected chi connectivity index (χ0v) is 16.0. The van der Waals surface area contributed by atoms with E-state index in [2.05, 4.69) is 0 Å². The van der Waals surface area contributed by atoms with Gasteiger partial charge in [0.25, 0.3) is 0 Å². The number of methoxy groups -OCH3 is 2. The van der Waals surface area contributed by atoms with E-state index in [1.54, 1.807) is 19.2 Å². The van der Waals surface area contributed by atoms with Gasteiger partial charge in [-0.2, -0.15) is 0 Å². The Bertz CT molecular complexity index is 921. The van der Waals surface area contributed by atoms with E-state index in [-0.39, 0.29) is 35.0 Å². The summed E-state index contributed by atoms with van der Waals surface area (Å²) in [4.78, 5) is 25.0. The van der Waals surface area contributed by atoms with Crippen LogP contribution in [-0.4, -0.2) is 24.9 Å². The molecule has 2 aromatic carbocycles. The fourth-order valence-corrected chi connectivity index (χ4v) is 5.02. The van der Waals surface area contributed by atoms with Crippen molar-refractivity contribution in [2.45, 2.75) is 37.5 Å². The third-order valence-electron chi connectivity index (χ3n) is 6.22. The van der Waals surface area contributed by atoms with Crippen molar-refractivity contribution < 1.29 is 19.2 Å². The molecule has 1 saturated carbocycles. The molecule has 2 aromatic rings. The van der Waals surface area contributed by atoms with Crippen molar-refractivity contribution in [3.63, 3.8) is 0 Å². The number of nitro benzene ring substituents is 1. The van der Waals surface area contributed by atoms with Gasteiger partial charge >= 0.3 is 5.69 Å². The molecule has 0 N–H and O–H groups in total. The van der Waals surface area contributed by atoms with Gasteiger partial charge in [0.2, 0.25) is 0 Å². The monoisotopic (exact) mass is 381 g/mol. The van der Waals surface area contributed by atoms with Crippen LogP contribution in [0.15, 0.2) is 36.4 Å². The largest absolute Gasteiger partial charge is 0.497 e. The molecule has 28 heavy (non-hydrogen) atoms. The Labute approximate surface area is 163 Å². The van der Waals surface area contributed by atoms with Crippen LogP contribution in [0.1, 0.15) is 59.0 Å². The van der Waals surface area contributed by atoms with Crippen LogP contribution in [0.2, 0.25) is 0 Å². The molecule has 6 nitrogen and oxygen atoms in total. The second-order valence-corrected chi connectivity index (χ2v) is 7.50. The Morgan fingerprint density at radius 3 is 2.36 bits per heavy atom. The maximum Gasteiger partial charge on any atom is 0.315 e. The van der Waals surface area contributed by atoms with Crippen molar-refractivity contribution in [2.24, 2.45) is 5.92 Å². The molecule has 0 aliphatic heterocycles. The van der Waals surface area contributed by atoms with Crippen LogP contribution in [0.4, 0.5) is 5.69 Å². The van der Waals surface area contributed by atoms with E-state index >= 15 is 0 Å². The summed E-state index contributed by atoms with van der Waals surface area (Å²) in [6, 6.07) is 10.9. The van der Waals surface area contributed by atoms with Crippen LogP contribution in [-0.2, 0) is 0 Å². The standard InChI is InChI=1S/C22H23NO5/c1-27-14-9-7-13(8-10-14)19-15-5-3-4-6-16(15)20-17(22(19)24)11-12-18(28-2)21(20)23(25)26/h7-12,15-16,19H,3-6H2,1-2H3/t15-,16?,19?/m0/s1. The third kappa shape index (κ3) is 2.84. The van der Waals surface area contributed by atoms with E-state index in [4.69, 9.17) is 9.47 Å². The van der Waals surface area contributed by atoms with Crippen molar-refractivity contribution in [3.05, 3.63) is 63.2 Å². The molecule has 0 radical (unpaired) electrons. The molecule has 0 saturated heterocycles. The van der Waals surface area contributed by atoms with Gasteiger partial charge in [-0.3, -0.25) is 14.9 Å². The van der Waals surface area contributed by atoms with Crippen LogP contribution in [0, 0.1) is 16.0 Å².